The van der Waals surface area contributed by atoms with Crippen molar-refractivity contribution in [3.05, 3.63) is 48.6 Å². The molecule has 0 aromatic heterocycles. The van der Waals surface area contributed by atoms with Crippen LogP contribution in [-0.2, 0) is 28.6 Å². The lowest BCUT2D eigenvalue weighted by atomic mass is 10.1. The zero-order valence-corrected chi connectivity index (χ0v) is 33.4. The van der Waals surface area contributed by atoms with E-state index in [0.717, 1.165) is 96.3 Å². The van der Waals surface area contributed by atoms with E-state index in [-0.39, 0.29) is 31.1 Å². The van der Waals surface area contributed by atoms with Crippen LogP contribution in [-0.4, -0.2) is 37.2 Å². The molecule has 6 nitrogen and oxygen atoms in total. The summed E-state index contributed by atoms with van der Waals surface area (Å²) >= 11 is 0. The van der Waals surface area contributed by atoms with E-state index in [1.165, 1.54) is 64.2 Å². The molecule has 0 N–H and O–H groups in total. The van der Waals surface area contributed by atoms with Crippen LogP contribution in [0.5, 0.6) is 0 Å². The van der Waals surface area contributed by atoms with E-state index in [1.807, 2.05) is 0 Å². The predicted molar refractivity (Wildman–Crippen MR) is 215 cm³/mol. The molecule has 0 rings (SSSR count). The number of esters is 3. The molecular weight excluding hydrogens is 636 g/mol. The molecule has 0 bridgehead atoms. The number of carbonyl (C=O) groups excluding carboxylic acids is 3. The molecule has 294 valence electrons. The Morgan fingerprint density at radius 2 is 0.784 bits per heavy atom. The molecule has 0 saturated carbocycles. The first-order valence-corrected chi connectivity index (χ1v) is 21.1. The molecule has 0 aliphatic heterocycles. The number of hydrogen-bond donors (Lipinski definition) is 0. The maximum Gasteiger partial charge on any atom is 0.306 e. The summed E-state index contributed by atoms with van der Waals surface area (Å²) in [6, 6.07) is 0. The third kappa shape index (κ3) is 38.4. The van der Waals surface area contributed by atoms with Crippen molar-refractivity contribution in [3.63, 3.8) is 0 Å². The van der Waals surface area contributed by atoms with Gasteiger partial charge in [0.15, 0.2) is 6.10 Å². The molecule has 0 spiro atoms. The van der Waals surface area contributed by atoms with Crippen LogP contribution in [0, 0.1) is 0 Å². The molecule has 0 aliphatic rings. The van der Waals surface area contributed by atoms with Gasteiger partial charge in [0.05, 0.1) is 0 Å². The van der Waals surface area contributed by atoms with E-state index in [0.29, 0.717) is 19.3 Å². The first-order chi connectivity index (χ1) is 25.0. The SMILES string of the molecule is CC/C=C\C/C=C\C/C=C\CCCCCC(=O)OCC(COC(=O)CCCCCCCCCCC)OC(=O)CCCCCCC/C=C\CCCC. The molecule has 0 amide bonds. The summed E-state index contributed by atoms with van der Waals surface area (Å²) in [5.74, 6) is -0.934. The van der Waals surface area contributed by atoms with Crippen LogP contribution in [0.4, 0.5) is 0 Å². The third-order valence-electron chi connectivity index (χ3n) is 8.82. The van der Waals surface area contributed by atoms with Crippen LogP contribution in [0.25, 0.3) is 0 Å². The summed E-state index contributed by atoms with van der Waals surface area (Å²) in [5.41, 5.74) is 0. The van der Waals surface area contributed by atoms with Gasteiger partial charge < -0.3 is 14.2 Å². The highest BCUT2D eigenvalue weighted by atomic mass is 16.6. The summed E-state index contributed by atoms with van der Waals surface area (Å²) in [7, 11) is 0. The van der Waals surface area contributed by atoms with Gasteiger partial charge in [0, 0.05) is 19.3 Å². The van der Waals surface area contributed by atoms with E-state index in [2.05, 4.69) is 69.4 Å². The average molecular weight is 715 g/mol. The lowest BCUT2D eigenvalue weighted by Gasteiger charge is -2.18. The minimum atomic E-state index is -0.783. The van der Waals surface area contributed by atoms with Gasteiger partial charge in [-0.1, -0.05) is 159 Å². The van der Waals surface area contributed by atoms with Crippen LogP contribution in [0.1, 0.15) is 201 Å². The molecular formula is C45H78O6. The molecule has 0 aromatic carbocycles. The Hall–Kier alpha value is -2.63. The van der Waals surface area contributed by atoms with Gasteiger partial charge in [-0.2, -0.15) is 0 Å². The zero-order valence-electron chi connectivity index (χ0n) is 33.4. The Morgan fingerprint density at radius 1 is 0.412 bits per heavy atom. The summed E-state index contributed by atoms with van der Waals surface area (Å²) in [6.07, 6.45) is 45.2. The molecule has 1 unspecified atom stereocenters. The van der Waals surface area contributed by atoms with Crippen LogP contribution in [0.3, 0.4) is 0 Å². The van der Waals surface area contributed by atoms with Crippen molar-refractivity contribution in [3.8, 4) is 0 Å². The summed E-state index contributed by atoms with van der Waals surface area (Å²) in [6.45, 7) is 6.41. The maximum absolute atomic E-state index is 12.6. The Labute approximate surface area is 314 Å². The lowest BCUT2D eigenvalue weighted by molar-refractivity contribution is -0.167. The predicted octanol–water partition coefficient (Wildman–Crippen LogP) is 13.2. The number of ether oxygens (including phenoxy) is 3. The Bertz CT molecular complexity index is 918. The molecule has 0 saturated heterocycles. The second-order valence-corrected chi connectivity index (χ2v) is 13.9. The lowest BCUT2D eigenvalue weighted by Crippen LogP contribution is -2.30. The Morgan fingerprint density at radius 3 is 1.29 bits per heavy atom. The van der Waals surface area contributed by atoms with Crippen molar-refractivity contribution in [1.29, 1.82) is 0 Å². The molecule has 1 atom stereocenters. The van der Waals surface area contributed by atoms with E-state index < -0.39 is 6.10 Å². The van der Waals surface area contributed by atoms with E-state index in [9.17, 15) is 14.4 Å². The monoisotopic (exact) mass is 715 g/mol. The topological polar surface area (TPSA) is 78.9 Å². The molecule has 0 heterocycles. The van der Waals surface area contributed by atoms with Gasteiger partial charge in [0.25, 0.3) is 0 Å². The first-order valence-electron chi connectivity index (χ1n) is 21.1. The smallest absolute Gasteiger partial charge is 0.306 e. The normalized spacial score (nSPS) is 12.5. The highest BCUT2D eigenvalue weighted by molar-refractivity contribution is 5.71. The van der Waals surface area contributed by atoms with Crippen molar-refractivity contribution in [2.75, 3.05) is 13.2 Å². The highest BCUT2D eigenvalue weighted by Gasteiger charge is 2.19. The van der Waals surface area contributed by atoms with Crippen molar-refractivity contribution in [2.45, 2.75) is 207 Å². The van der Waals surface area contributed by atoms with E-state index >= 15 is 0 Å². The van der Waals surface area contributed by atoms with Crippen molar-refractivity contribution in [2.24, 2.45) is 0 Å². The number of unbranched alkanes of at least 4 members (excludes halogenated alkanes) is 18. The maximum atomic E-state index is 12.6. The largest absolute Gasteiger partial charge is 0.462 e. The fourth-order valence-corrected chi connectivity index (χ4v) is 5.61. The fraction of sp³-hybridized carbons (Fsp3) is 0.756. The quantitative estimate of drug-likeness (QED) is 0.0276. The van der Waals surface area contributed by atoms with Crippen molar-refractivity contribution >= 4 is 17.9 Å². The summed E-state index contributed by atoms with van der Waals surface area (Å²) < 4.78 is 16.6. The van der Waals surface area contributed by atoms with Gasteiger partial charge in [0.1, 0.15) is 13.2 Å². The Kier molecular flexibility index (Phi) is 38.1. The van der Waals surface area contributed by atoms with E-state index in [4.69, 9.17) is 14.2 Å². The number of carbonyl (C=O) groups is 3. The Balaban J connectivity index is 4.43. The van der Waals surface area contributed by atoms with Gasteiger partial charge in [-0.15, -0.1) is 0 Å². The van der Waals surface area contributed by atoms with Crippen molar-refractivity contribution < 1.29 is 28.6 Å². The van der Waals surface area contributed by atoms with Crippen LogP contribution < -0.4 is 0 Å². The summed E-state index contributed by atoms with van der Waals surface area (Å²) in [5, 5.41) is 0. The molecule has 0 aromatic rings. The molecule has 0 aliphatic carbocycles. The minimum absolute atomic E-state index is 0.0853. The van der Waals surface area contributed by atoms with Gasteiger partial charge in [0.2, 0.25) is 0 Å². The highest BCUT2D eigenvalue weighted by Crippen LogP contribution is 2.13. The molecule has 0 radical (unpaired) electrons. The summed E-state index contributed by atoms with van der Waals surface area (Å²) in [4.78, 5) is 37.5. The van der Waals surface area contributed by atoms with Crippen LogP contribution in [0.15, 0.2) is 48.6 Å². The number of allylic oxidation sites excluding steroid dienone is 8. The zero-order chi connectivity index (χ0) is 37.3. The molecule has 51 heavy (non-hydrogen) atoms. The van der Waals surface area contributed by atoms with Crippen LogP contribution >= 0.6 is 0 Å². The van der Waals surface area contributed by atoms with E-state index in [1.54, 1.807) is 0 Å². The molecule has 0 fully saturated rings. The molecule has 6 heteroatoms. The van der Waals surface area contributed by atoms with Gasteiger partial charge >= 0.3 is 17.9 Å². The third-order valence-corrected chi connectivity index (χ3v) is 8.82. The van der Waals surface area contributed by atoms with Gasteiger partial charge in [-0.05, 0) is 70.6 Å². The number of rotatable bonds is 37. The van der Waals surface area contributed by atoms with Crippen LogP contribution in [0.2, 0.25) is 0 Å². The fourth-order valence-electron chi connectivity index (χ4n) is 5.61. The van der Waals surface area contributed by atoms with Gasteiger partial charge in [-0.3, -0.25) is 14.4 Å². The average Bonchev–Trinajstić information content (AvgIpc) is 3.12. The van der Waals surface area contributed by atoms with Crippen molar-refractivity contribution in [1.82, 2.24) is 0 Å². The first kappa shape index (κ1) is 48.4. The minimum Gasteiger partial charge on any atom is -0.462 e. The van der Waals surface area contributed by atoms with Gasteiger partial charge in [-0.25, -0.2) is 0 Å². The standard InChI is InChI=1S/C45H78O6/c1-4-7-10-13-16-19-21-22-24-26-29-32-35-38-44(47)50-41-42(40-49-43(46)37-34-31-28-25-18-15-12-9-6-3)51-45(48)39-36-33-30-27-23-20-17-14-11-8-5-2/h7,10,14,16-17,19,22,24,42H,4-6,8-9,11-13,15,18,20-21,23,25-41H2,1-3H3/b10-7-,17-14-,19-16-,24-22-. The second kappa shape index (κ2) is 40.1. The number of hydrogen-bond acceptors (Lipinski definition) is 6. The second-order valence-electron chi connectivity index (χ2n) is 13.9.